The van der Waals surface area contributed by atoms with Crippen molar-refractivity contribution in [1.29, 1.82) is 0 Å². The maximum absolute atomic E-state index is 11.3. The zero-order chi connectivity index (χ0) is 8.55. The van der Waals surface area contributed by atoms with Gasteiger partial charge in [0.05, 0.1) is 0 Å². The number of fused-ring (bicyclic) bond motifs is 1. The molecule has 0 aromatic rings. The fraction of sp³-hybridized carbons (Fsp3) is 0.250. The first-order valence-electron chi connectivity index (χ1n) is 3.78. The molecule has 3 nitrogen and oxygen atoms in total. The van der Waals surface area contributed by atoms with Gasteiger partial charge in [0.2, 0.25) is 7.98 Å². The third kappa shape index (κ3) is 0.997. The van der Waals surface area contributed by atoms with Crippen LogP contribution in [0.1, 0.15) is 6.42 Å². The summed E-state index contributed by atoms with van der Waals surface area (Å²) in [4.78, 5) is 16.5. The highest BCUT2D eigenvalue weighted by atomic mass is 16.2. The first kappa shape index (κ1) is 7.34. The Hall–Kier alpha value is -1.32. The number of amides is 1. The summed E-state index contributed by atoms with van der Waals surface area (Å²) in [6.45, 7) is 0.485. The molecule has 0 aromatic carbocycles. The average Bonchev–Trinajstić information content (AvgIpc) is 2.30. The van der Waals surface area contributed by atoms with Crippen LogP contribution >= 0.6 is 0 Å². The number of carbonyl (C=O) groups excluding carboxylic acids is 1. The Morgan fingerprint density at radius 2 is 2.42 bits per heavy atom. The molecule has 2 radical (unpaired) electrons. The van der Waals surface area contributed by atoms with Gasteiger partial charge in [-0.05, 0) is 12.0 Å². The molecule has 0 spiro atoms. The minimum absolute atomic E-state index is 0.187. The Balaban J connectivity index is 2.43. The monoisotopic (exact) mass is 158 g/mol. The fourth-order valence-corrected chi connectivity index (χ4v) is 1.30. The SMILES string of the molecule is [B]N1CC2=CCC=CN=C2C1=O. The van der Waals surface area contributed by atoms with E-state index in [2.05, 4.69) is 4.99 Å². The van der Waals surface area contributed by atoms with Crippen LogP contribution in [-0.2, 0) is 4.79 Å². The van der Waals surface area contributed by atoms with E-state index < -0.39 is 0 Å². The third-order valence-electron chi connectivity index (χ3n) is 1.92. The van der Waals surface area contributed by atoms with Crippen LogP contribution in [-0.4, -0.2) is 31.0 Å². The van der Waals surface area contributed by atoms with Crippen LogP contribution in [0.3, 0.4) is 0 Å². The second kappa shape index (κ2) is 2.62. The molecule has 2 heterocycles. The van der Waals surface area contributed by atoms with E-state index in [1.165, 1.54) is 4.81 Å². The lowest BCUT2D eigenvalue weighted by atomic mass is 10.2. The smallest absolute Gasteiger partial charge is 0.260 e. The molecule has 4 heteroatoms. The lowest BCUT2D eigenvalue weighted by Gasteiger charge is -2.03. The Labute approximate surface area is 71.9 Å². The van der Waals surface area contributed by atoms with Crippen molar-refractivity contribution in [3.63, 3.8) is 0 Å². The van der Waals surface area contributed by atoms with Crippen LogP contribution in [0.15, 0.2) is 28.9 Å². The molecule has 1 fully saturated rings. The summed E-state index contributed by atoms with van der Waals surface area (Å²) in [6, 6.07) is 0. The molecule has 58 valence electrons. The van der Waals surface area contributed by atoms with E-state index in [0.717, 1.165) is 12.0 Å². The number of carbonyl (C=O) groups is 1. The maximum atomic E-state index is 11.3. The lowest BCUT2D eigenvalue weighted by molar-refractivity contribution is -0.118. The minimum Gasteiger partial charge on any atom is -0.387 e. The molecule has 2 rings (SSSR count). The molecule has 0 saturated carbocycles. The van der Waals surface area contributed by atoms with Crippen molar-refractivity contribution in [2.24, 2.45) is 4.99 Å². The summed E-state index contributed by atoms with van der Waals surface area (Å²) in [5, 5.41) is 0. The predicted molar refractivity (Wildman–Crippen MR) is 46.7 cm³/mol. The van der Waals surface area contributed by atoms with Gasteiger partial charge >= 0.3 is 0 Å². The van der Waals surface area contributed by atoms with Crippen molar-refractivity contribution in [2.75, 3.05) is 6.54 Å². The molecule has 2 aliphatic rings. The van der Waals surface area contributed by atoms with E-state index in [1.807, 2.05) is 12.2 Å². The molecule has 0 atom stereocenters. The van der Waals surface area contributed by atoms with E-state index in [1.54, 1.807) is 6.20 Å². The molecule has 12 heavy (non-hydrogen) atoms. The highest BCUT2D eigenvalue weighted by Crippen LogP contribution is 2.15. The number of aliphatic imine (C=N–C) groups is 1. The van der Waals surface area contributed by atoms with Crippen LogP contribution in [0.5, 0.6) is 0 Å². The van der Waals surface area contributed by atoms with E-state index in [4.69, 9.17) is 7.98 Å². The minimum atomic E-state index is -0.187. The Bertz CT molecular complexity index is 317. The summed E-state index contributed by atoms with van der Waals surface area (Å²) in [5.74, 6) is -0.187. The van der Waals surface area contributed by atoms with Gasteiger partial charge in [0, 0.05) is 12.7 Å². The van der Waals surface area contributed by atoms with Crippen molar-refractivity contribution in [3.8, 4) is 0 Å². The standard InChI is InChI=1S/C8H7BN2O/c9-11-5-6-3-1-2-4-10-7(6)8(11)12/h2-4H,1,5H2. The zero-order valence-corrected chi connectivity index (χ0v) is 6.53. The molecule has 0 bridgehead atoms. The number of rotatable bonds is 0. The Morgan fingerprint density at radius 1 is 1.58 bits per heavy atom. The largest absolute Gasteiger partial charge is 0.387 e. The fourth-order valence-electron chi connectivity index (χ4n) is 1.30. The normalized spacial score (nSPS) is 21.7. The maximum Gasteiger partial charge on any atom is 0.260 e. The third-order valence-corrected chi connectivity index (χ3v) is 1.92. The predicted octanol–water partition coefficient (Wildman–Crippen LogP) is 0.197. The van der Waals surface area contributed by atoms with Gasteiger partial charge in [-0.1, -0.05) is 12.2 Å². The van der Waals surface area contributed by atoms with E-state index in [9.17, 15) is 4.79 Å². The summed E-state index contributed by atoms with van der Waals surface area (Å²) >= 11 is 0. The van der Waals surface area contributed by atoms with E-state index in [-0.39, 0.29) is 5.91 Å². The summed E-state index contributed by atoms with van der Waals surface area (Å²) in [6.07, 6.45) is 6.36. The van der Waals surface area contributed by atoms with Gasteiger partial charge < -0.3 is 4.81 Å². The molecule has 0 aromatic heterocycles. The van der Waals surface area contributed by atoms with Crippen molar-refractivity contribution in [2.45, 2.75) is 6.42 Å². The number of allylic oxidation sites excluding steroid dienone is 2. The first-order valence-corrected chi connectivity index (χ1v) is 3.78. The molecular weight excluding hydrogens is 151 g/mol. The first-order chi connectivity index (χ1) is 5.79. The number of nitrogens with zero attached hydrogens (tertiary/aromatic N) is 2. The van der Waals surface area contributed by atoms with Crippen molar-refractivity contribution < 1.29 is 4.79 Å². The highest BCUT2D eigenvalue weighted by Gasteiger charge is 2.28. The molecule has 1 amide bonds. The van der Waals surface area contributed by atoms with E-state index in [0.29, 0.717) is 12.3 Å². The Kier molecular flexibility index (Phi) is 1.61. The molecule has 2 aliphatic heterocycles. The molecule has 0 unspecified atom stereocenters. The van der Waals surface area contributed by atoms with Crippen LogP contribution < -0.4 is 0 Å². The number of hydrogen-bond acceptors (Lipinski definition) is 2. The second-order valence-corrected chi connectivity index (χ2v) is 2.76. The van der Waals surface area contributed by atoms with Crippen LogP contribution in [0.4, 0.5) is 0 Å². The summed E-state index contributed by atoms with van der Waals surface area (Å²) in [5.41, 5.74) is 1.43. The van der Waals surface area contributed by atoms with Crippen LogP contribution in [0.2, 0.25) is 0 Å². The van der Waals surface area contributed by atoms with Gasteiger partial charge in [-0.3, -0.25) is 9.79 Å². The van der Waals surface area contributed by atoms with Gasteiger partial charge in [0.15, 0.2) is 0 Å². The van der Waals surface area contributed by atoms with Gasteiger partial charge in [-0.15, -0.1) is 0 Å². The van der Waals surface area contributed by atoms with Crippen molar-refractivity contribution in [1.82, 2.24) is 4.81 Å². The van der Waals surface area contributed by atoms with E-state index >= 15 is 0 Å². The highest BCUT2D eigenvalue weighted by molar-refractivity contribution is 6.51. The van der Waals surface area contributed by atoms with Crippen molar-refractivity contribution in [3.05, 3.63) is 23.9 Å². The molecular formula is C8H7BN2O. The lowest BCUT2D eigenvalue weighted by Crippen LogP contribution is -2.23. The Morgan fingerprint density at radius 3 is 3.25 bits per heavy atom. The number of hydrogen-bond donors (Lipinski definition) is 0. The summed E-state index contributed by atoms with van der Waals surface area (Å²) < 4.78 is 0. The van der Waals surface area contributed by atoms with Gasteiger partial charge in [-0.2, -0.15) is 0 Å². The van der Waals surface area contributed by atoms with Gasteiger partial charge in [-0.25, -0.2) is 0 Å². The topological polar surface area (TPSA) is 32.7 Å². The van der Waals surface area contributed by atoms with Gasteiger partial charge in [0.1, 0.15) is 5.71 Å². The van der Waals surface area contributed by atoms with Crippen LogP contribution in [0.25, 0.3) is 0 Å². The second-order valence-electron chi connectivity index (χ2n) is 2.76. The molecule has 1 saturated heterocycles. The van der Waals surface area contributed by atoms with Crippen molar-refractivity contribution >= 4 is 19.6 Å². The quantitative estimate of drug-likeness (QED) is 0.463. The van der Waals surface area contributed by atoms with Gasteiger partial charge in [0.25, 0.3) is 5.91 Å². The zero-order valence-electron chi connectivity index (χ0n) is 6.53. The summed E-state index contributed by atoms with van der Waals surface area (Å²) in [7, 11) is 5.43. The average molecular weight is 158 g/mol. The molecule has 0 aliphatic carbocycles. The molecule has 0 N–H and O–H groups in total. The van der Waals surface area contributed by atoms with Crippen LogP contribution in [0, 0.1) is 0 Å².